The second kappa shape index (κ2) is 9.08. The van der Waals surface area contributed by atoms with E-state index in [-0.39, 0.29) is 11.9 Å². The summed E-state index contributed by atoms with van der Waals surface area (Å²) in [6, 6.07) is 15.2. The van der Waals surface area contributed by atoms with E-state index in [0.717, 1.165) is 49.7 Å². The predicted octanol–water partition coefficient (Wildman–Crippen LogP) is 2.94. The van der Waals surface area contributed by atoms with Gasteiger partial charge in [-0.05, 0) is 43.7 Å². The van der Waals surface area contributed by atoms with Gasteiger partial charge in [-0.1, -0.05) is 29.8 Å². The summed E-state index contributed by atoms with van der Waals surface area (Å²) >= 11 is 0. The molecule has 2 aliphatic rings. The maximum Gasteiger partial charge on any atom is 0.333 e. The quantitative estimate of drug-likeness (QED) is 0.670. The van der Waals surface area contributed by atoms with E-state index < -0.39 is 6.04 Å². The fraction of sp³-hybridized carbons (Fsp3) is 0.417. The topological polar surface area (TPSA) is 56.3 Å². The smallest absolute Gasteiger partial charge is 0.333 e. The van der Waals surface area contributed by atoms with Gasteiger partial charge in [-0.3, -0.25) is 19.5 Å². The van der Waals surface area contributed by atoms with Gasteiger partial charge in [0.15, 0.2) is 0 Å². The van der Waals surface area contributed by atoms with E-state index in [1.165, 1.54) is 10.5 Å². The first kappa shape index (κ1) is 21.3. The molecule has 3 amide bonds. The van der Waals surface area contributed by atoms with Crippen LogP contribution in [0.3, 0.4) is 0 Å². The number of carbonyl (C=O) groups excluding carboxylic acids is 2. The van der Waals surface area contributed by atoms with Gasteiger partial charge in [0.05, 0.1) is 13.8 Å². The number of piperazine rings is 1. The Balaban J connectivity index is 1.33. The van der Waals surface area contributed by atoms with Crippen LogP contribution in [0.2, 0.25) is 0 Å². The van der Waals surface area contributed by atoms with Crippen molar-refractivity contribution in [2.75, 3.05) is 44.9 Å². The van der Waals surface area contributed by atoms with Gasteiger partial charge in [-0.15, -0.1) is 0 Å². The van der Waals surface area contributed by atoms with Gasteiger partial charge < -0.3 is 4.74 Å². The third-order valence-electron chi connectivity index (χ3n) is 6.13. The molecule has 7 heteroatoms. The van der Waals surface area contributed by atoms with Crippen LogP contribution in [0.4, 0.5) is 10.5 Å². The molecular formula is C24H30N4O3. The summed E-state index contributed by atoms with van der Waals surface area (Å²) in [5, 5.41) is 0. The first-order valence-corrected chi connectivity index (χ1v) is 10.7. The van der Waals surface area contributed by atoms with Crippen molar-refractivity contribution in [3.05, 3.63) is 59.7 Å². The zero-order valence-electron chi connectivity index (χ0n) is 18.5. The maximum atomic E-state index is 13.0. The van der Waals surface area contributed by atoms with Gasteiger partial charge in [0.25, 0.3) is 5.91 Å². The fourth-order valence-corrected chi connectivity index (χ4v) is 4.17. The number of benzene rings is 2. The minimum absolute atomic E-state index is 0.133. The number of hydrogen-bond donors (Lipinski definition) is 0. The molecule has 0 N–H and O–H groups in total. The summed E-state index contributed by atoms with van der Waals surface area (Å²) in [5.41, 5.74) is 3.14. The number of amides is 3. The van der Waals surface area contributed by atoms with E-state index in [2.05, 4.69) is 21.9 Å². The molecular weight excluding hydrogens is 392 g/mol. The lowest BCUT2D eigenvalue weighted by atomic mass is 10.2. The number of ether oxygens (including phenoxy) is 1. The van der Waals surface area contributed by atoms with Crippen LogP contribution in [-0.2, 0) is 11.3 Å². The molecule has 0 radical (unpaired) electrons. The van der Waals surface area contributed by atoms with Crippen molar-refractivity contribution in [1.82, 2.24) is 14.7 Å². The molecule has 0 spiro atoms. The average molecular weight is 423 g/mol. The van der Waals surface area contributed by atoms with Crippen LogP contribution in [0, 0.1) is 6.92 Å². The minimum Gasteiger partial charge on any atom is -0.497 e. The summed E-state index contributed by atoms with van der Waals surface area (Å²) in [5.74, 6) is 0.730. The lowest BCUT2D eigenvalue weighted by molar-refractivity contribution is -0.128. The molecule has 0 aromatic heterocycles. The highest BCUT2D eigenvalue weighted by atomic mass is 16.5. The third-order valence-corrected chi connectivity index (χ3v) is 6.13. The lowest BCUT2D eigenvalue weighted by Crippen LogP contribution is -2.51. The van der Waals surface area contributed by atoms with Crippen molar-refractivity contribution in [2.45, 2.75) is 26.4 Å². The van der Waals surface area contributed by atoms with Crippen molar-refractivity contribution in [3.8, 4) is 5.75 Å². The number of carbonyl (C=O) groups is 2. The standard InChI is InChI=1S/C24H30N4O3/c1-18-4-8-21(9-5-18)28-19(2)23(29)27(24(28)30)17-26-14-12-25(13-15-26)16-20-6-10-22(31-3)11-7-20/h4-11,19H,12-17H2,1-3H3/t19-/m1/s1. The highest BCUT2D eigenvalue weighted by Crippen LogP contribution is 2.26. The number of imide groups is 1. The Labute approximate surface area is 183 Å². The fourth-order valence-electron chi connectivity index (χ4n) is 4.17. The zero-order valence-corrected chi connectivity index (χ0v) is 18.5. The lowest BCUT2D eigenvalue weighted by Gasteiger charge is -2.36. The van der Waals surface area contributed by atoms with Crippen molar-refractivity contribution < 1.29 is 14.3 Å². The van der Waals surface area contributed by atoms with Crippen molar-refractivity contribution in [1.29, 1.82) is 0 Å². The molecule has 0 bridgehead atoms. The number of hydrogen-bond acceptors (Lipinski definition) is 5. The molecule has 2 saturated heterocycles. The van der Waals surface area contributed by atoms with Crippen LogP contribution in [0.25, 0.3) is 0 Å². The molecule has 2 fully saturated rings. The Morgan fingerprint density at radius 2 is 1.52 bits per heavy atom. The first-order valence-electron chi connectivity index (χ1n) is 10.7. The normalized spacial score (nSPS) is 20.5. The molecule has 7 nitrogen and oxygen atoms in total. The van der Waals surface area contributed by atoms with E-state index in [4.69, 9.17) is 4.74 Å². The van der Waals surface area contributed by atoms with Crippen LogP contribution in [0.15, 0.2) is 48.5 Å². The number of nitrogens with zero attached hydrogens (tertiary/aromatic N) is 4. The first-order chi connectivity index (χ1) is 15.0. The molecule has 164 valence electrons. The van der Waals surface area contributed by atoms with E-state index in [1.54, 1.807) is 18.9 Å². The van der Waals surface area contributed by atoms with Gasteiger partial charge in [-0.25, -0.2) is 9.69 Å². The number of urea groups is 1. The number of methoxy groups -OCH3 is 1. The van der Waals surface area contributed by atoms with Gasteiger partial charge in [-0.2, -0.15) is 0 Å². The second-order valence-corrected chi connectivity index (χ2v) is 8.31. The highest BCUT2D eigenvalue weighted by molar-refractivity contribution is 6.14. The van der Waals surface area contributed by atoms with E-state index in [0.29, 0.717) is 6.67 Å². The van der Waals surface area contributed by atoms with Gasteiger partial charge in [0, 0.05) is 38.4 Å². The summed E-state index contributed by atoms with van der Waals surface area (Å²) in [4.78, 5) is 33.4. The average Bonchev–Trinajstić information content (AvgIpc) is 2.99. The Bertz CT molecular complexity index is 921. The van der Waals surface area contributed by atoms with E-state index in [1.807, 2.05) is 43.3 Å². The molecule has 0 aliphatic carbocycles. The monoisotopic (exact) mass is 422 g/mol. The largest absolute Gasteiger partial charge is 0.497 e. The Morgan fingerprint density at radius 3 is 2.13 bits per heavy atom. The summed E-state index contributed by atoms with van der Waals surface area (Å²) in [6.07, 6.45) is 0. The van der Waals surface area contributed by atoms with E-state index >= 15 is 0 Å². The van der Waals surface area contributed by atoms with Crippen LogP contribution < -0.4 is 9.64 Å². The summed E-state index contributed by atoms with van der Waals surface area (Å²) in [7, 11) is 1.67. The molecule has 4 rings (SSSR count). The van der Waals surface area contributed by atoms with Crippen molar-refractivity contribution in [3.63, 3.8) is 0 Å². The van der Waals surface area contributed by atoms with Crippen molar-refractivity contribution in [2.24, 2.45) is 0 Å². The Hall–Kier alpha value is -2.90. The Kier molecular flexibility index (Phi) is 6.25. The van der Waals surface area contributed by atoms with Crippen LogP contribution in [0.5, 0.6) is 5.75 Å². The minimum atomic E-state index is -0.480. The van der Waals surface area contributed by atoms with Crippen molar-refractivity contribution >= 4 is 17.6 Å². The number of rotatable bonds is 6. The van der Waals surface area contributed by atoms with Crippen LogP contribution >= 0.6 is 0 Å². The van der Waals surface area contributed by atoms with Gasteiger partial charge in [0.2, 0.25) is 0 Å². The van der Waals surface area contributed by atoms with Gasteiger partial charge in [0.1, 0.15) is 11.8 Å². The highest BCUT2D eigenvalue weighted by Gasteiger charge is 2.44. The van der Waals surface area contributed by atoms with Gasteiger partial charge >= 0.3 is 6.03 Å². The zero-order chi connectivity index (χ0) is 22.0. The van der Waals surface area contributed by atoms with E-state index in [9.17, 15) is 9.59 Å². The molecule has 2 heterocycles. The third kappa shape index (κ3) is 4.57. The van der Waals surface area contributed by atoms with Crippen LogP contribution in [-0.4, -0.2) is 72.6 Å². The molecule has 2 aromatic carbocycles. The summed E-state index contributed by atoms with van der Waals surface area (Å²) < 4.78 is 5.22. The predicted molar refractivity (Wildman–Crippen MR) is 120 cm³/mol. The Morgan fingerprint density at radius 1 is 0.903 bits per heavy atom. The molecule has 0 saturated carbocycles. The SMILES string of the molecule is COc1ccc(CN2CCN(CN3C(=O)[C@@H](C)N(c4ccc(C)cc4)C3=O)CC2)cc1. The number of aryl methyl sites for hydroxylation is 1. The van der Waals surface area contributed by atoms with Crippen LogP contribution in [0.1, 0.15) is 18.1 Å². The molecule has 2 aromatic rings. The number of anilines is 1. The second-order valence-electron chi connectivity index (χ2n) is 8.31. The molecule has 2 aliphatic heterocycles. The molecule has 31 heavy (non-hydrogen) atoms. The molecule has 1 atom stereocenters. The molecule has 0 unspecified atom stereocenters. The maximum absolute atomic E-state index is 13.0. The summed E-state index contributed by atoms with van der Waals surface area (Å²) in [6.45, 7) is 8.49.